The van der Waals surface area contributed by atoms with Crippen LogP contribution in [0.3, 0.4) is 0 Å². The van der Waals surface area contributed by atoms with E-state index in [1.807, 2.05) is 39.0 Å². The van der Waals surface area contributed by atoms with Gasteiger partial charge in [0.2, 0.25) is 0 Å². The zero-order chi connectivity index (χ0) is 17.0. The van der Waals surface area contributed by atoms with Gasteiger partial charge in [0.1, 0.15) is 12.4 Å². The van der Waals surface area contributed by atoms with Gasteiger partial charge in [-0.15, -0.1) is 0 Å². The first-order chi connectivity index (χ1) is 10.9. The lowest BCUT2D eigenvalue weighted by Crippen LogP contribution is -2.11. The van der Waals surface area contributed by atoms with Gasteiger partial charge in [-0.3, -0.25) is 0 Å². The number of carbonyl (C=O) groups is 1. The summed E-state index contributed by atoms with van der Waals surface area (Å²) < 4.78 is 11.1. The van der Waals surface area contributed by atoms with Crippen molar-refractivity contribution in [2.75, 3.05) is 6.61 Å². The summed E-state index contributed by atoms with van der Waals surface area (Å²) in [4.78, 5) is 12.1. The Balaban J connectivity index is 2.27. The zero-order valence-corrected chi connectivity index (χ0v) is 14.5. The number of hydrogen-bond donors (Lipinski definition) is 0. The van der Waals surface area contributed by atoms with Gasteiger partial charge in [0, 0.05) is 5.56 Å². The number of aryl methyl sites for hydroxylation is 4. The third-order valence-corrected chi connectivity index (χ3v) is 4.07. The average Bonchev–Trinajstić information content (AvgIpc) is 2.50. The van der Waals surface area contributed by atoms with Crippen molar-refractivity contribution in [2.24, 2.45) is 0 Å². The molecule has 0 spiro atoms. The summed E-state index contributed by atoms with van der Waals surface area (Å²) in [6, 6.07) is 9.81. The number of rotatable bonds is 5. The smallest absolute Gasteiger partial charge is 0.338 e. The Bertz CT molecular complexity index is 717. The predicted molar refractivity (Wildman–Crippen MR) is 92.1 cm³/mol. The summed E-state index contributed by atoms with van der Waals surface area (Å²) in [6.45, 7) is 10.7. The van der Waals surface area contributed by atoms with E-state index in [0.717, 1.165) is 22.4 Å². The maximum Gasteiger partial charge on any atom is 0.338 e. The second kappa shape index (κ2) is 7.32. The molecule has 0 N–H and O–H groups in total. The molecular formula is C20H24O3. The van der Waals surface area contributed by atoms with Gasteiger partial charge in [-0.25, -0.2) is 4.79 Å². The molecule has 0 amide bonds. The molecule has 2 aromatic carbocycles. The minimum atomic E-state index is -0.299. The van der Waals surface area contributed by atoms with Crippen LogP contribution in [0.25, 0.3) is 0 Å². The highest BCUT2D eigenvalue weighted by Gasteiger charge is 2.15. The van der Waals surface area contributed by atoms with Crippen molar-refractivity contribution in [1.82, 2.24) is 0 Å². The molecule has 0 saturated heterocycles. The minimum absolute atomic E-state index is 0.299. The summed E-state index contributed by atoms with van der Waals surface area (Å²) >= 11 is 0. The Morgan fingerprint density at radius 1 is 0.957 bits per heavy atom. The van der Waals surface area contributed by atoms with Crippen LogP contribution in [-0.2, 0) is 11.3 Å². The van der Waals surface area contributed by atoms with Crippen LogP contribution in [0.5, 0.6) is 5.75 Å². The zero-order valence-electron chi connectivity index (χ0n) is 14.5. The first kappa shape index (κ1) is 17.1. The molecule has 0 saturated carbocycles. The second-order valence-corrected chi connectivity index (χ2v) is 5.81. The van der Waals surface area contributed by atoms with Gasteiger partial charge in [-0.05, 0) is 69.0 Å². The van der Waals surface area contributed by atoms with Crippen molar-refractivity contribution in [2.45, 2.75) is 41.2 Å². The van der Waals surface area contributed by atoms with Gasteiger partial charge in [-0.1, -0.05) is 18.2 Å². The summed E-state index contributed by atoms with van der Waals surface area (Å²) in [5, 5.41) is 0. The van der Waals surface area contributed by atoms with E-state index in [4.69, 9.17) is 9.47 Å². The number of carbonyl (C=O) groups excluding carboxylic acids is 1. The van der Waals surface area contributed by atoms with Crippen LogP contribution in [-0.4, -0.2) is 12.6 Å². The highest BCUT2D eigenvalue weighted by atomic mass is 16.5. The van der Waals surface area contributed by atoms with Crippen LogP contribution in [0.15, 0.2) is 30.3 Å². The first-order valence-corrected chi connectivity index (χ1v) is 7.90. The minimum Gasteiger partial charge on any atom is -0.489 e. The molecule has 122 valence electrons. The van der Waals surface area contributed by atoms with Crippen molar-refractivity contribution in [3.63, 3.8) is 0 Å². The van der Waals surface area contributed by atoms with E-state index < -0.39 is 0 Å². The molecule has 0 aliphatic rings. The van der Waals surface area contributed by atoms with Crippen molar-refractivity contribution < 1.29 is 14.3 Å². The van der Waals surface area contributed by atoms with Gasteiger partial charge in [0.05, 0.1) is 12.2 Å². The quantitative estimate of drug-likeness (QED) is 0.752. The molecule has 3 nitrogen and oxygen atoms in total. The standard InChI is InChI=1S/C20H24O3/c1-6-22-20(21)17-9-7-8-13(2)18(17)12-23-19-11-15(4)14(3)10-16(19)5/h7-11H,6,12H2,1-5H3. The Kier molecular flexibility index (Phi) is 5.43. The second-order valence-electron chi connectivity index (χ2n) is 5.81. The topological polar surface area (TPSA) is 35.5 Å². The Labute approximate surface area is 138 Å². The fourth-order valence-electron chi connectivity index (χ4n) is 2.53. The summed E-state index contributed by atoms with van der Waals surface area (Å²) in [5.41, 5.74) is 6.02. The fraction of sp³-hybridized carbons (Fsp3) is 0.350. The molecule has 0 aromatic heterocycles. The van der Waals surface area contributed by atoms with Crippen LogP contribution in [0.4, 0.5) is 0 Å². The molecule has 23 heavy (non-hydrogen) atoms. The maximum atomic E-state index is 12.1. The van der Waals surface area contributed by atoms with Gasteiger partial charge < -0.3 is 9.47 Å². The Hall–Kier alpha value is -2.29. The molecule has 0 aliphatic heterocycles. The fourth-order valence-corrected chi connectivity index (χ4v) is 2.53. The highest BCUT2D eigenvalue weighted by Crippen LogP contribution is 2.25. The molecule has 0 aliphatic carbocycles. The SMILES string of the molecule is CCOC(=O)c1cccc(C)c1COc1cc(C)c(C)cc1C. The Morgan fingerprint density at radius 3 is 2.35 bits per heavy atom. The number of hydrogen-bond acceptors (Lipinski definition) is 3. The van der Waals surface area contributed by atoms with Crippen molar-refractivity contribution in [3.8, 4) is 5.75 Å². The summed E-state index contributed by atoms with van der Waals surface area (Å²) in [5.74, 6) is 0.553. The average molecular weight is 312 g/mol. The number of esters is 1. The van der Waals surface area contributed by atoms with Gasteiger partial charge in [0.15, 0.2) is 0 Å². The molecule has 0 unspecified atom stereocenters. The lowest BCUT2D eigenvalue weighted by molar-refractivity contribution is 0.0523. The molecule has 3 heteroatoms. The molecule has 2 aromatic rings. The van der Waals surface area contributed by atoms with E-state index in [9.17, 15) is 4.79 Å². The molecule has 0 radical (unpaired) electrons. The lowest BCUT2D eigenvalue weighted by atomic mass is 10.0. The van der Waals surface area contributed by atoms with Crippen LogP contribution in [0, 0.1) is 27.7 Å². The van der Waals surface area contributed by atoms with E-state index in [2.05, 4.69) is 19.9 Å². The van der Waals surface area contributed by atoms with Crippen LogP contribution < -0.4 is 4.74 Å². The number of benzene rings is 2. The molecule has 0 bridgehead atoms. The molecule has 0 fully saturated rings. The van der Waals surface area contributed by atoms with Gasteiger partial charge in [-0.2, -0.15) is 0 Å². The van der Waals surface area contributed by atoms with Crippen molar-refractivity contribution in [3.05, 3.63) is 63.7 Å². The third kappa shape index (κ3) is 3.92. The molecule has 0 heterocycles. The molecule has 2 rings (SSSR count). The first-order valence-electron chi connectivity index (χ1n) is 7.90. The molecular weight excluding hydrogens is 288 g/mol. The van der Waals surface area contributed by atoms with E-state index in [1.54, 1.807) is 6.07 Å². The maximum absolute atomic E-state index is 12.1. The highest BCUT2D eigenvalue weighted by molar-refractivity contribution is 5.91. The predicted octanol–water partition coefficient (Wildman–Crippen LogP) is 4.68. The van der Waals surface area contributed by atoms with E-state index in [-0.39, 0.29) is 5.97 Å². The van der Waals surface area contributed by atoms with E-state index in [1.165, 1.54) is 11.1 Å². The van der Waals surface area contributed by atoms with Crippen molar-refractivity contribution in [1.29, 1.82) is 0 Å². The Morgan fingerprint density at radius 2 is 1.65 bits per heavy atom. The molecule has 0 atom stereocenters. The summed E-state index contributed by atoms with van der Waals surface area (Å²) in [6.07, 6.45) is 0. The van der Waals surface area contributed by atoms with Crippen LogP contribution in [0.1, 0.15) is 45.1 Å². The van der Waals surface area contributed by atoms with Crippen molar-refractivity contribution >= 4 is 5.97 Å². The lowest BCUT2D eigenvalue weighted by Gasteiger charge is -2.15. The number of ether oxygens (including phenoxy) is 2. The normalized spacial score (nSPS) is 10.5. The third-order valence-electron chi connectivity index (χ3n) is 4.07. The summed E-state index contributed by atoms with van der Waals surface area (Å²) in [7, 11) is 0. The van der Waals surface area contributed by atoms with Gasteiger partial charge in [0.25, 0.3) is 0 Å². The monoisotopic (exact) mass is 312 g/mol. The van der Waals surface area contributed by atoms with E-state index >= 15 is 0 Å². The van der Waals surface area contributed by atoms with Crippen LogP contribution >= 0.6 is 0 Å². The van der Waals surface area contributed by atoms with Crippen LogP contribution in [0.2, 0.25) is 0 Å². The van der Waals surface area contributed by atoms with E-state index in [0.29, 0.717) is 18.8 Å². The van der Waals surface area contributed by atoms with Gasteiger partial charge >= 0.3 is 5.97 Å². The largest absolute Gasteiger partial charge is 0.489 e.